The first kappa shape index (κ1) is 8.07. The topological polar surface area (TPSA) is 80.7 Å². The molecular formula is C7H14N4. The predicted octanol–water partition coefficient (Wildman–Crippen LogP) is 0.129. The smallest absolute Gasteiger partial charge is 0.145 e. The number of H-pyrrole nitrogens is 1. The van der Waals surface area contributed by atoms with Crippen molar-refractivity contribution in [2.45, 2.75) is 13.3 Å². The van der Waals surface area contributed by atoms with Crippen LogP contribution in [0.3, 0.4) is 0 Å². The summed E-state index contributed by atoms with van der Waals surface area (Å²) in [5.41, 5.74) is 11.9. The molecule has 0 spiro atoms. The van der Waals surface area contributed by atoms with Crippen LogP contribution in [0.4, 0.5) is 5.82 Å². The highest BCUT2D eigenvalue weighted by Gasteiger charge is 2.02. The normalized spacial score (nSPS) is 13.3. The fraction of sp³-hybridized carbons (Fsp3) is 0.571. The zero-order chi connectivity index (χ0) is 8.27. The average Bonchev–Trinajstić information content (AvgIpc) is 2.35. The zero-order valence-electron chi connectivity index (χ0n) is 6.67. The number of aromatic nitrogens is 2. The van der Waals surface area contributed by atoms with Gasteiger partial charge in [0.2, 0.25) is 0 Å². The Morgan fingerprint density at radius 3 is 2.91 bits per heavy atom. The first-order valence-corrected chi connectivity index (χ1v) is 3.72. The molecule has 1 rings (SSSR count). The monoisotopic (exact) mass is 154 g/mol. The third-order valence-corrected chi connectivity index (χ3v) is 1.62. The summed E-state index contributed by atoms with van der Waals surface area (Å²) in [6.07, 6.45) is 0.917. The fourth-order valence-electron chi connectivity index (χ4n) is 0.943. The van der Waals surface area contributed by atoms with E-state index >= 15 is 0 Å². The first-order valence-electron chi connectivity index (χ1n) is 3.72. The van der Waals surface area contributed by atoms with E-state index in [0.717, 1.165) is 12.1 Å². The quantitative estimate of drug-likeness (QED) is 0.578. The van der Waals surface area contributed by atoms with Crippen molar-refractivity contribution in [1.29, 1.82) is 0 Å². The maximum atomic E-state index is 5.46. The van der Waals surface area contributed by atoms with Gasteiger partial charge in [-0.15, -0.1) is 0 Å². The minimum absolute atomic E-state index is 0.481. The molecular weight excluding hydrogens is 140 g/mol. The van der Waals surface area contributed by atoms with Crippen molar-refractivity contribution in [3.63, 3.8) is 0 Å². The summed E-state index contributed by atoms with van der Waals surface area (Å²) in [5, 5.41) is 6.66. The lowest BCUT2D eigenvalue weighted by atomic mass is 10.1. The van der Waals surface area contributed by atoms with E-state index in [0.29, 0.717) is 18.3 Å². The Morgan fingerprint density at radius 2 is 2.45 bits per heavy atom. The van der Waals surface area contributed by atoms with Gasteiger partial charge in [-0.3, -0.25) is 5.10 Å². The highest BCUT2D eigenvalue weighted by atomic mass is 15.1. The maximum absolute atomic E-state index is 5.46. The standard InChI is InChI=1S/C7H14N4/c1-5(4-8)2-6-3-7(9)11-10-6/h3,5H,2,4,8H2,1H3,(H3,9,10,11). The Balaban J connectivity index is 2.50. The Bertz CT molecular complexity index is 218. The lowest BCUT2D eigenvalue weighted by Crippen LogP contribution is -2.13. The Kier molecular flexibility index (Phi) is 2.48. The van der Waals surface area contributed by atoms with Crippen molar-refractivity contribution in [3.8, 4) is 0 Å². The van der Waals surface area contributed by atoms with Crippen LogP contribution in [0.15, 0.2) is 6.07 Å². The van der Waals surface area contributed by atoms with Gasteiger partial charge in [0.05, 0.1) is 0 Å². The minimum Gasteiger partial charge on any atom is -0.382 e. The number of rotatable bonds is 3. The number of aromatic amines is 1. The van der Waals surface area contributed by atoms with Gasteiger partial charge < -0.3 is 11.5 Å². The van der Waals surface area contributed by atoms with E-state index in [-0.39, 0.29) is 0 Å². The van der Waals surface area contributed by atoms with E-state index < -0.39 is 0 Å². The van der Waals surface area contributed by atoms with Gasteiger partial charge in [0, 0.05) is 11.8 Å². The minimum atomic E-state index is 0.481. The van der Waals surface area contributed by atoms with Crippen LogP contribution in [0.2, 0.25) is 0 Å². The van der Waals surface area contributed by atoms with Crippen molar-refractivity contribution < 1.29 is 0 Å². The van der Waals surface area contributed by atoms with Gasteiger partial charge in [-0.25, -0.2) is 0 Å². The molecule has 5 N–H and O–H groups in total. The summed E-state index contributed by atoms with van der Waals surface area (Å²) in [6.45, 7) is 2.79. The number of nitrogens with zero attached hydrogens (tertiary/aromatic N) is 1. The molecule has 4 nitrogen and oxygen atoms in total. The second kappa shape index (κ2) is 3.39. The van der Waals surface area contributed by atoms with Gasteiger partial charge in [0.1, 0.15) is 5.82 Å². The molecule has 0 aliphatic heterocycles. The van der Waals surface area contributed by atoms with Crippen molar-refractivity contribution in [2.24, 2.45) is 11.7 Å². The summed E-state index contributed by atoms with van der Waals surface area (Å²) < 4.78 is 0. The first-order chi connectivity index (χ1) is 5.22. The van der Waals surface area contributed by atoms with Crippen molar-refractivity contribution >= 4 is 5.82 Å². The highest BCUT2D eigenvalue weighted by molar-refractivity contribution is 5.28. The third kappa shape index (κ3) is 2.23. The van der Waals surface area contributed by atoms with Crippen molar-refractivity contribution in [3.05, 3.63) is 11.8 Å². The molecule has 0 saturated carbocycles. The summed E-state index contributed by atoms with van der Waals surface area (Å²) in [4.78, 5) is 0. The van der Waals surface area contributed by atoms with E-state index in [2.05, 4.69) is 17.1 Å². The van der Waals surface area contributed by atoms with Crippen LogP contribution >= 0.6 is 0 Å². The Hall–Kier alpha value is -1.03. The molecule has 4 heteroatoms. The number of nitrogens with two attached hydrogens (primary N) is 2. The molecule has 1 aromatic heterocycles. The zero-order valence-corrected chi connectivity index (χ0v) is 6.67. The van der Waals surface area contributed by atoms with E-state index in [1.807, 2.05) is 6.07 Å². The molecule has 1 unspecified atom stereocenters. The number of hydrogen-bond donors (Lipinski definition) is 3. The lowest BCUT2D eigenvalue weighted by molar-refractivity contribution is 0.583. The van der Waals surface area contributed by atoms with Crippen LogP contribution in [0.5, 0.6) is 0 Å². The average molecular weight is 154 g/mol. The van der Waals surface area contributed by atoms with Crippen LogP contribution in [0, 0.1) is 5.92 Å². The Labute approximate surface area is 66.0 Å². The molecule has 0 bridgehead atoms. The van der Waals surface area contributed by atoms with Crippen LogP contribution in [0.1, 0.15) is 12.6 Å². The summed E-state index contributed by atoms with van der Waals surface area (Å²) in [5.74, 6) is 1.03. The molecule has 0 aromatic carbocycles. The molecule has 0 aliphatic carbocycles. The van der Waals surface area contributed by atoms with Crippen molar-refractivity contribution in [2.75, 3.05) is 12.3 Å². The number of anilines is 1. The van der Waals surface area contributed by atoms with Gasteiger partial charge in [0.25, 0.3) is 0 Å². The van der Waals surface area contributed by atoms with E-state index in [1.165, 1.54) is 0 Å². The summed E-state index contributed by atoms with van der Waals surface area (Å²) >= 11 is 0. The fourth-order valence-corrected chi connectivity index (χ4v) is 0.943. The molecule has 1 atom stereocenters. The predicted molar refractivity (Wildman–Crippen MR) is 44.9 cm³/mol. The summed E-state index contributed by atoms with van der Waals surface area (Å²) in [7, 11) is 0. The van der Waals surface area contributed by atoms with E-state index in [9.17, 15) is 0 Å². The second-order valence-corrected chi connectivity index (χ2v) is 2.86. The van der Waals surface area contributed by atoms with Crippen LogP contribution in [-0.4, -0.2) is 16.7 Å². The third-order valence-electron chi connectivity index (χ3n) is 1.62. The SMILES string of the molecule is CC(CN)Cc1cc(N)n[nH]1. The van der Waals surface area contributed by atoms with Crippen LogP contribution < -0.4 is 11.5 Å². The highest BCUT2D eigenvalue weighted by Crippen LogP contribution is 2.06. The molecule has 0 saturated heterocycles. The molecule has 11 heavy (non-hydrogen) atoms. The second-order valence-electron chi connectivity index (χ2n) is 2.86. The van der Waals surface area contributed by atoms with E-state index in [4.69, 9.17) is 11.5 Å². The molecule has 1 heterocycles. The molecule has 0 fully saturated rings. The largest absolute Gasteiger partial charge is 0.382 e. The van der Waals surface area contributed by atoms with Gasteiger partial charge >= 0.3 is 0 Å². The number of nitrogens with one attached hydrogen (secondary N) is 1. The van der Waals surface area contributed by atoms with Crippen LogP contribution in [-0.2, 0) is 6.42 Å². The number of hydrogen-bond acceptors (Lipinski definition) is 3. The molecule has 1 aromatic rings. The van der Waals surface area contributed by atoms with Gasteiger partial charge in [0.15, 0.2) is 0 Å². The van der Waals surface area contributed by atoms with Gasteiger partial charge in [-0.05, 0) is 18.9 Å². The molecule has 0 amide bonds. The van der Waals surface area contributed by atoms with E-state index in [1.54, 1.807) is 0 Å². The summed E-state index contributed by atoms with van der Waals surface area (Å²) in [6, 6.07) is 1.84. The molecule has 0 radical (unpaired) electrons. The van der Waals surface area contributed by atoms with Gasteiger partial charge in [-0.1, -0.05) is 6.92 Å². The maximum Gasteiger partial charge on any atom is 0.145 e. The van der Waals surface area contributed by atoms with Crippen LogP contribution in [0.25, 0.3) is 0 Å². The molecule has 0 aliphatic rings. The number of nitrogen functional groups attached to an aromatic ring is 1. The molecule has 62 valence electrons. The van der Waals surface area contributed by atoms with Crippen molar-refractivity contribution in [1.82, 2.24) is 10.2 Å². The lowest BCUT2D eigenvalue weighted by Gasteiger charge is -2.04. The van der Waals surface area contributed by atoms with Gasteiger partial charge in [-0.2, -0.15) is 5.10 Å². The Morgan fingerprint density at radius 1 is 1.73 bits per heavy atom.